The molecule has 0 saturated heterocycles. The van der Waals surface area contributed by atoms with Gasteiger partial charge in [-0.05, 0) is 61.7 Å². The molecule has 0 aliphatic carbocycles. The van der Waals surface area contributed by atoms with Crippen molar-refractivity contribution in [2.45, 2.75) is 66.0 Å². The summed E-state index contributed by atoms with van der Waals surface area (Å²) in [6, 6.07) is 9.99. The van der Waals surface area contributed by atoms with Gasteiger partial charge in [0.05, 0.1) is 6.04 Å². The molecule has 0 N–H and O–H groups in total. The number of fused-ring (bicyclic) bond motifs is 1. The Balaban J connectivity index is 1.77. The van der Waals surface area contributed by atoms with E-state index in [4.69, 9.17) is 4.74 Å². The van der Waals surface area contributed by atoms with Crippen molar-refractivity contribution in [1.82, 2.24) is 9.80 Å². The molecule has 2 aromatic rings. The maximum atomic E-state index is 13.5. The van der Waals surface area contributed by atoms with Gasteiger partial charge in [0, 0.05) is 23.9 Å². The van der Waals surface area contributed by atoms with Gasteiger partial charge in [0.1, 0.15) is 18.9 Å². The number of aryl methyl sites for hydroxylation is 1. The molecule has 1 aliphatic heterocycles. The van der Waals surface area contributed by atoms with E-state index >= 15 is 0 Å². The van der Waals surface area contributed by atoms with E-state index in [-0.39, 0.29) is 36.4 Å². The highest BCUT2D eigenvalue weighted by molar-refractivity contribution is 7.10. The van der Waals surface area contributed by atoms with Crippen LogP contribution in [0.2, 0.25) is 0 Å². The molecule has 0 radical (unpaired) electrons. The lowest BCUT2D eigenvalue weighted by Gasteiger charge is -2.38. The van der Waals surface area contributed by atoms with Gasteiger partial charge >= 0.3 is 0 Å². The van der Waals surface area contributed by atoms with Crippen LogP contribution < -0.4 is 4.74 Å². The summed E-state index contributed by atoms with van der Waals surface area (Å²) in [7, 11) is 0. The van der Waals surface area contributed by atoms with Crippen LogP contribution in [0.15, 0.2) is 35.7 Å². The summed E-state index contributed by atoms with van der Waals surface area (Å²) in [6.45, 7) is 11.4. The first-order valence-electron chi connectivity index (χ1n) is 11.6. The zero-order valence-electron chi connectivity index (χ0n) is 20.0. The number of thiophene rings is 1. The number of ether oxygens (including phenoxy) is 1. The molecule has 2 atom stereocenters. The van der Waals surface area contributed by atoms with Crippen LogP contribution in [-0.4, -0.2) is 47.4 Å². The van der Waals surface area contributed by atoms with Crippen molar-refractivity contribution in [3.63, 3.8) is 0 Å². The topological polar surface area (TPSA) is 49.9 Å². The van der Waals surface area contributed by atoms with E-state index in [9.17, 15) is 9.59 Å². The monoisotopic (exact) mass is 456 g/mol. The third-order valence-corrected chi connectivity index (χ3v) is 7.17. The average Bonchev–Trinajstić information content (AvgIpc) is 3.24. The first-order chi connectivity index (χ1) is 15.3. The molecule has 2 heterocycles. The smallest absolute Gasteiger partial charge is 0.242 e. The molecule has 0 fully saturated rings. The lowest BCUT2D eigenvalue weighted by atomic mass is 10.00. The third kappa shape index (κ3) is 5.91. The van der Waals surface area contributed by atoms with Gasteiger partial charge in [-0.15, -0.1) is 11.3 Å². The second kappa shape index (κ2) is 11.0. The van der Waals surface area contributed by atoms with E-state index < -0.39 is 0 Å². The zero-order valence-corrected chi connectivity index (χ0v) is 20.8. The van der Waals surface area contributed by atoms with E-state index in [1.807, 2.05) is 56.9 Å². The van der Waals surface area contributed by atoms with Gasteiger partial charge in [0.2, 0.25) is 11.8 Å². The minimum absolute atomic E-state index is 0.00300. The summed E-state index contributed by atoms with van der Waals surface area (Å²) in [5, 5.41) is 2.09. The molecule has 2 amide bonds. The number of carbonyl (C=O) groups is 2. The molecule has 5 nitrogen and oxygen atoms in total. The largest absolute Gasteiger partial charge is 0.491 e. The Labute approximate surface area is 196 Å². The van der Waals surface area contributed by atoms with Crippen LogP contribution in [0, 0.1) is 12.8 Å². The first kappa shape index (κ1) is 24.3. The number of nitrogens with zero attached hydrogens (tertiary/aromatic N) is 2. The van der Waals surface area contributed by atoms with Gasteiger partial charge in [0.15, 0.2) is 0 Å². The van der Waals surface area contributed by atoms with Gasteiger partial charge < -0.3 is 14.5 Å². The molecule has 0 saturated carbocycles. The highest BCUT2D eigenvalue weighted by Gasteiger charge is 2.34. The van der Waals surface area contributed by atoms with Crippen LogP contribution in [0.1, 0.15) is 62.6 Å². The number of benzene rings is 1. The molecule has 3 rings (SSSR count). The molecule has 6 heteroatoms. The predicted octanol–water partition coefficient (Wildman–Crippen LogP) is 5.23. The second-order valence-corrected chi connectivity index (χ2v) is 10.2. The Morgan fingerprint density at radius 2 is 1.91 bits per heavy atom. The van der Waals surface area contributed by atoms with E-state index in [1.54, 1.807) is 16.2 Å². The fourth-order valence-electron chi connectivity index (χ4n) is 4.10. The van der Waals surface area contributed by atoms with Crippen molar-refractivity contribution in [3.8, 4) is 5.75 Å². The zero-order chi connectivity index (χ0) is 23.3. The van der Waals surface area contributed by atoms with Crippen molar-refractivity contribution in [2.24, 2.45) is 5.92 Å². The van der Waals surface area contributed by atoms with Crippen LogP contribution >= 0.6 is 11.3 Å². The standard InChI is InChI=1S/C26H36N2O3S/c1-6-20(5)28(25(29)15-18(2)3)16-26(30)27-13-11-24-22(12-14-32-24)23(27)17-31-21-9-7-19(4)8-10-21/h7-10,12,14,18,20,23H,6,11,13,15-17H2,1-5H3/t20-,23-/m0/s1. The van der Waals surface area contributed by atoms with E-state index in [0.29, 0.717) is 19.6 Å². The fourth-order valence-corrected chi connectivity index (χ4v) is 5.03. The van der Waals surface area contributed by atoms with E-state index in [0.717, 1.165) is 18.6 Å². The van der Waals surface area contributed by atoms with Crippen molar-refractivity contribution >= 4 is 23.2 Å². The number of hydrogen-bond acceptors (Lipinski definition) is 4. The molecule has 0 unspecified atom stereocenters. The van der Waals surface area contributed by atoms with Crippen molar-refractivity contribution in [1.29, 1.82) is 0 Å². The maximum absolute atomic E-state index is 13.5. The molecule has 32 heavy (non-hydrogen) atoms. The quantitative estimate of drug-likeness (QED) is 0.519. The second-order valence-electron chi connectivity index (χ2n) is 9.15. The minimum Gasteiger partial charge on any atom is -0.491 e. The molecule has 0 spiro atoms. The average molecular weight is 457 g/mol. The summed E-state index contributed by atoms with van der Waals surface area (Å²) >= 11 is 1.74. The Bertz CT molecular complexity index is 906. The maximum Gasteiger partial charge on any atom is 0.242 e. The van der Waals surface area contributed by atoms with Crippen molar-refractivity contribution in [3.05, 3.63) is 51.7 Å². The predicted molar refractivity (Wildman–Crippen MR) is 130 cm³/mol. The van der Waals surface area contributed by atoms with Crippen LogP contribution in [-0.2, 0) is 16.0 Å². The summed E-state index contributed by atoms with van der Waals surface area (Å²) in [6.07, 6.45) is 2.14. The molecular formula is C26H36N2O3S. The highest BCUT2D eigenvalue weighted by atomic mass is 32.1. The number of rotatable bonds is 9. The number of hydrogen-bond donors (Lipinski definition) is 0. The van der Waals surface area contributed by atoms with Gasteiger partial charge in [0.25, 0.3) is 0 Å². The number of amides is 2. The van der Waals surface area contributed by atoms with Crippen LogP contribution in [0.5, 0.6) is 5.75 Å². The van der Waals surface area contributed by atoms with Gasteiger partial charge in [-0.3, -0.25) is 9.59 Å². The Hall–Kier alpha value is -2.34. The summed E-state index contributed by atoms with van der Waals surface area (Å²) in [5.74, 6) is 1.13. The molecule has 1 aliphatic rings. The van der Waals surface area contributed by atoms with Crippen LogP contribution in [0.3, 0.4) is 0 Å². The highest BCUT2D eigenvalue weighted by Crippen LogP contribution is 2.34. The van der Waals surface area contributed by atoms with Crippen LogP contribution in [0.4, 0.5) is 0 Å². The van der Waals surface area contributed by atoms with Gasteiger partial charge in [-0.1, -0.05) is 38.5 Å². The normalized spacial score (nSPS) is 16.6. The summed E-state index contributed by atoms with van der Waals surface area (Å²) in [4.78, 5) is 31.4. The van der Waals surface area contributed by atoms with Gasteiger partial charge in [-0.25, -0.2) is 0 Å². The van der Waals surface area contributed by atoms with E-state index in [1.165, 1.54) is 16.0 Å². The fraction of sp³-hybridized carbons (Fsp3) is 0.538. The van der Waals surface area contributed by atoms with Crippen molar-refractivity contribution in [2.75, 3.05) is 19.7 Å². The Morgan fingerprint density at radius 3 is 2.56 bits per heavy atom. The molecular weight excluding hydrogens is 420 g/mol. The lowest BCUT2D eigenvalue weighted by molar-refractivity contribution is -0.144. The van der Waals surface area contributed by atoms with Crippen molar-refractivity contribution < 1.29 is 14.3 Å². The molecule has 174 valence electrons. The molecule has 0 bridgehead atoms. The number of carbonyl (C=O) groups excluding carboxylic acids is 2. The lowest BCUT2D eigenvalue weighted by Crippen LogP contribution is -2.50. The summed E-state index contributed by atoms with van der Waals surface area (Å²) < 4.78 is 6.11. The van der Waals surface area contributed by atoms with Gasteiger partial charge in [-0.2, -0.15) is 0 Å². The summed E-state index contributed by atoms with van der Waals surface area (Å²) in [5.41, 5.74) is 2.36. The van der Waals surface area contributed by atoms with Crippen LogP contribution in [0.25, 0.3) is 0 Å². The van der Waals surface area contributed by atoms with E-state index in [2.05, 4.69) is 18.4 Å². The molecule has 1 aromatic carbocycles. The third-order valence-electron chi connectivity index (χ3n) is 6.18. The Morgan fingerprint density at radius 1 is 1.19 bits per heavy atom. The first-order valence-corrected chi connectivity index (χ1v) is 12.5. The minimum atomic E-state index is -0.141. The SMILES string of the molecule is CC[C@H](C)N(CC(=O)N1CCc2sccc2[C@@H]1COc1ccc(C)cc1)C(=O)CC(C)C. The molecule has 1 aromatic heterocycles. The Kier molecular flexibility index (Phi) is 8.35.